The molecule has 272 valence electrons. The van der Waals surface area contributed by atoms with Crippen LogP contribution in [-0.2, 0) is 29.1 Å². The lowest BCUT2D eigenvalue weighted by molar-refractivity contribution is -0.150. The number of nitrogens with zero attached hydrogens (tertiary/aromatic N) is 1. The largest absolute Gasteiger partial charge is 0.514 e. The van der Waals surface area contributed by atoms with Gasteiger partial charge < -0.3 is 38.3 Å². The molecule has 1 N–H and O–H groups in total. The highest BCUT2D eigenvalue weighted by molar-refractivity contribution is 5.69. The number of fused-ring (bicyclic) bond motifs is 1. The van der Waals surface area contributed by atoms with Crippen LogP contribution in [0.2, 0.25) is 0 Å². The van der Waals surface area contributed by atoms with Crippen molar-refractivity contribution < 1.29 is 43.1 Å². The van der Waals surface area contributed by atoms with Crippen molar-refractivity contribution in [2.45, 2.75) is 104 Å². The quantitative estimate of drug-likeness (QED) is 0.108. The van der Waals surface area contributed by atoms with Gasteiger partial charge in [-0.05, 0) is 68.6 Å². The number of carbonyl (C=O) groups excluding carboxylic acids is 1. The van der Waals surface area contributed by atoms with Crippen LogP contribution in [0.25, 0.3) is 0 Å². The average Bonchev–Trinajstić information content (AvgIpc) is 3.80. The lowest BCUT2D eigenvalue weighted by Crippen LogP contribution is -2.65. The van der Waals surface area contributed by atoms with Crippen molar-refractivity contribution in [1.82, 2.24) is 4.90 Å². The van der Waals surface area contributed by atoms with E-state index in [1.165, 1.54) is 18.4 Å². The molecule has 2 fully saturated rings. The summed E-state index contributed by atoms with van der Waals surface area (Å²) in [6.07, 6.45) is 4.09. The predicted molar refractivity (Wildman–Crippen MR) is 185 cm³/mol. The van der Waals surface area contributed by atoms with Crippen molar-refractivity contribution in [3.05, 3.63) is 34.9 Å². The first-order chi connectivity index (χ1) is 22.9. The molecule has 1 aromatic carbocycles. The molecule has 10 nitrogen and oxygen atoms in total. The van der Waals surface area contributed by atoms with E-state index in [1.807, 2.05) is 26.8 Å². The van der Waals surface area contributed by atoms with Crippen LogP contribution in [0.3, 0.4) is 0 Å². The van der Waals surface area contributed by atoms with Crippen molar-refractivity contribution in [2.75, 3.05) is 67.0 Å². The SMILES string of the molecule is CC.COCCOCCOCCOC(=O)Oc1ccc(C)c2c1O[C@H]1C(OC)C(C(C)(O)C(C)(C)C)C=C3C(C)N(CC4CC4)CCC321. The summed E-state index contributed by atoms with van der Waals surface area (Å²) < 4.78 is 40.2. The molecule has 2 heterocycles. The zero-order valence-electron chi connectivity index (χ0n) is 31.1. The van der Waals surface area contributed by atoms with Gasteiger partial charge in [0.1, 0.15) is 18.8 Å². The van der Waals surface area contributed by atoms with Gasteiger partial charge in [-0.15, -0.1) is 0 Å². The van der Waals surface area contributed by atoms with Crippen LogP contribution in [0.4, 0.5) is 4.79 Å². The molecule has 5 rings (SSSR count). The van der Waals surface area contributed by atoms with Gasteiger partial charge in [0.2, 0.25) is 0 Å². The van der Waals surface area contributed by atoms with E-state index in [4.69, 9.17) is 33.2 Å². The van der Waals surface area contributed by atoms with Gasteiger partial charge in [0, 0.05) is 44.8 Å². The maximum absolute atomic E-state index is 12.8. The maximum atomic E-state index is 12.8. The molecular weight excluding hydrogens is 614 g/mol. The van der Waals surface area contributed by atoms with Gasteiger partial charge in [-0.2, -0.15) is 0 Å². The minimum absolute atomic E-state index is 0.0505. The summed E-state index contributed by atoms with van der Waals surface area (Å²) in [5.74, 6) is 1.32. The van der Waals surface area contributed by atoms with Crippen molar-refractivity contribution in [1.29, 1.82) is 0 Å². The molecule has 6 atom stereocenters. The van der Waals surface area contributed by atoms with Gasteiger partial charge in [0.15, 0.2) is 11.5 Å². The molecule has 48 heavy (non-hydrogen) atoms. The van der Waals surface area contributed by atoms with Gasteiger partial charge >= 0.3 is 6.16 Å². The number of aliphatic hydroxyl groups is 1. The fourth-order valence-corrected chi connectivity index (χ4v) is 7.60. The van der Waals surface area contributed by atoms with Crippen LogP contribution in [-0.4, -0.2) is 107 Å². The number of ether oxygens (including phenoxy) is 7. The summed E-state index contributed by atoms with van der Waals surface area (Å²) in [6.45, 7) is 20.6. The molecule has 0 aromatic heterocycles. The number of piperidine rings is 1. The highest BCUT2D eigenvalue weighted by atomic mass is 16.7. The van der Waals surface area contributed by atoms with E-state index in [0.717, 1.165) is 36.6 Å². The smallest absolute Gasteiger partial charge is 0.482 e. The molecule has 0 radical (unpaired) electrons. The second-order valence-electron chi connectivity index (χ2n) is 14.6. The molecule has 1 saturated heterocycles. The van der Waals surface area contributed by atoms with Crippen molar-refractivity contribution in [3.63, 3.8) is 0 Å². The summed E-state index contributed by atoms with van der Waals surface area (Å²) in [5, 5.41) is 12.1. The van der Waals surface area contributed by atoms with Gasteiger partial charge in [-0.3, -0.25) is 4.90 Å². The number of hydrogen-bond acceptors (Lipinski definition) is 10. The molecule has 1 saturated carbocycles. The molecular formula is C38H61NO9. The van der Waals surface area contributed by atoms with E-state index < -0.39 is 34.8 Å². The number of rotatable bonds is 14. The topological polar surface area (TPSA) is 105 Å². The average molecular weight is 676 g/mol. The van der Waals surface area contributed by atoms with E-state index >= 15 is 0 Å². The number of benzene rings is 1. The first-order valence-corrected chi connectivity index (χ1v) is 17.9. The second-order valence-corrected chi connectivity index (χ2v) is 14.6. The Bertz CT molecular complexity index is 1250. The molecule has 0 bridgehead atoms. The Morgan fingerprint density at radius 2 is 1.67 bits per heavy atom. The predicted octanol–water partition coefficient (Wildman–Crippen LogP) is 6.09. The third-order valence-electron chi connectivity index (χ3n) is 10.9. The van der Waals surface area contributed by atoms with Crippen molar-refractivity contribution >= 4 is 6.16 Å². The highest BCUT2D eigenvalue weighted by Gasteiger charge is 2.65. The van der Waals surface area contributed by atoms with Crippen LogP contribution in [0.5, 0.6) is 11.5 Å². The lowest BCUT2D eigenvalue weighted by Gasteiger charge is -2.56. The fraction of sp³-hybridized carbons (Fsp3) is 0.763. The molecule has 4 aliphatic rings. The van der Waals surface area contributed by atoms with E-state index in [1.54, 1.807) is 20.3 Å². The number of carbonyl (C=O) groups is 1. The van der Waals surface area contributed by atoms with E-state index in [-0.39, 0.29) is 25.2 Å². The minimum atomic E-state index is -1.08. The van der Waals surface area contributed by atoms with Crippen LogP contribution in [0, 0.1) is 24.2 Å². The van der Waals surface area contributed by atoms with E-state index in [9.17, 15) is 9.90 Å². The molecule has 1 spiro atoms. The lowest BCUT2D eigenvalue weighted by atomic mass is 9.54. The minimum Gasteiger partial charge on any atom is -0.482 e. The zero-order chi connectivity index (χ0) is 35.3. The van der Waals surface area contributed by atoms with Gasteiger partial charge in [0.25, 0.3) is 0 Å². The number of methoxy groups -OCH3 is 2. The molecule has 1 aromatic rings. The molecule has 5 unspecified atom stereocenters. The maximum Gasteiger partial charge on any atom is 0.514 e. The summed E-state index contributed by atoms with van der Waals surface area (Å²) >= 11 is 0. The monoisotopic (exact) mass is 675 g/mol. The summed E-state index contributed by atoms with van der Waals surface area (Å²) in [4.78, 5) is 15.4. The highest BCUT2D eigenvalue weighted by Crippen LogP contribution is 2.62. The number of likely N-dealkylation sites (tertiary alicyclic amines) is 1. The van der Waals surface area contributed by atoms with Crippen molar-refractivity contribution in [2.24, 2.45) is 17.3 Å². The molecule has 2 aliphatic carbocycles. The first kappa shape index (κ1) is 38.6. The summed E-state index contributed by atoms with van der Waals surface area (Å²) in [5.41, 5.74) is 1.39. The molecule has 10 heteroatoms. The standard InChI is InChI=1S/C36H55NO9.C2H6/c1-23-9-12-28(45-33(38)44-20-19-43-18-17-42-16-15-40-7)31-29(23)36-13-14-37(22-25-10-11-25)24(2)26(36)21-27(30(41-8)32(36)46-31)35(6,39)34(3,4)5;1-2/h9,12,21,24-25,27,30,32,39H,10-11,13-20,22H2,1-8H3;1-2H3/t24?,27?,30?,32-,35?,36?;/m0./s1. The van der Waals surface area contributed by atoms with Gasteiger partial charge in [-0.25, -0.2) is 4.79 Å². The van der Waals surface area contributed by atoms with Crippen molar-refractivity contribution in [3.8, 4) is 11.5 Å². The molecule has 2 aliphatic heterocycles. The third kappa shape index (κ3) is 7.74. The Kier molecular flexibility index (Phi) is 13.0. The summed E-state index contributed by atoms with van der Waals surface area (Å²) in [7, 11) is 3.33. The Hall–Kier alpha value is -2.21. The summed E-state index contributed by atoms with van der Waals surface area (Å²) in [6, 6.07) is 3.92. The normalized spacial score (nSPS) is 27.7. The van der Waals surface area contributed by atoms with Crippen LogP contribution in [0.1, 0.15) is 78.9 Å². The zero-order valence-corrected chi connectivity index (χ0v) is 31.1. The fourth-order valence-electron chi connectivity index (χ4n) is 7.60. The van der Waals surface area contributed by atoms with Crippen LogP contribution in [0.15, 0.2) is 23.8 Å². The third-order valence-corrected chi connectivity index (χ3v) is 10.9. The van der Waals surface area contributed by atoms with Crippen LogP contribution < -0.4 is 9.47 Å². The number of aryl methyl sites for hydroxylation is 1. The van der Waals surface area contributed by atoms with Gasteiger partial charge in [0.05, 0.1) is 44.1 Å². The van der Waals surface area contributed by atoms with E-state index in [0.29, 0.717) is 37.9 Å². The Morgan fingerprint density at radius 3 is 2.27 bits per heavy atom. The van der Waals surface area contributed by atoms with Crippen LogP contribution >= 0.6 is 0 Å². The Morgan fingerprint density at radius 1 is 1.02 bits per heavy atom. The Labute approximate surface area is 288 Å². The second kappa shape index (κ2) is 16.2. The van der Waals surface area contributed by atoms with E-state index in [2.05, 4.69) is 45.6 Å². The number of hydrogen-bond donors (Lipinski definition) is 1. The Balaban J connectivity index is 0.00000255. The first-order valence-electron chi connectivity index (χ1n) is 17.9. The van der Waals surface area contributed by atoms with Gasteiger partial charge in [-0.1, -0.05) is 46.8 Å². The molecule has 0 amide bonds.